The minimum atomic E-state index is -3.49. The second kappa shape index (κ2) is 10.3. The minimum absolute atomic E-state index is 0.0598. The highest BCUT2D eigenvalue weighted by Gasteiger charge is 2.25. The molecule has 0 radical (unpaired) electrons. The molecule has 1 fully saturated rings. The van der Waals surface area contributed by atoms with Crippen LogP contribution in [0.3, 0.4) is 0 Å². The van der Waals surface area contributed by atoms with E-state index in [4.69, 9.17) is 37.8 Å². The van der Waals surface area contributed by atoms with Crippen molar-refractivity contribution in [2.75, 3.05) is 32.9 Å². The largest absolute Gasteiger partial charge is 0.489 e. The maximum Gasteiger partial charge on any atom is 0.260 e. The quantitative estimate of drug-likeness (QED) is 0.591. The van der Waals surface area contributed by atoms with E-state index in [-0.39, 0.29) is 53.3 Å². The Balaban J connectivity index is 1.88. The highest BCUT2D eigenvalue weighted by molar-refractivity contribution is 7.92. The summed E-state index contributed by atoms with van der Waals surface area (Å²) in [5, 5.41) is 10.2. The number of rotatable bonds is 9. The van der Waals surface area contributed by atoms with E-state index in [0.717, 1.165) is 5.41 Å². The molecule has 1 aromatic rings. The average Bonchev–Trinajstić information content (AvgIpc) is 2.66. The summed E-state index contributed by atoms with van der Waals surface area (Å²) in [6.45, 7) is 3.73. The number of hydrogen-bond acceptors (Lipinski definition) is 6. The van der Waals surface area contributed by atoms with Crippen molar-refractivity contribution in [1.82, 2.24) is 9.62 Å². The van der Waals surface area contributed by atoms with Gasteiger partial charge in [-0.3, -0.25) is 4.79 Å². The van der Waals surface area contributed by atoms with Crippen molar-refractivity contribution < 1.29 is 27.8 Å². The Morgan fingerprint density at radius 3 is 2.43 bits per heavy atom. The van der Waals surface area contributed by atoms with Crippen molar-refractivity contribution >= 4 is 39.1 Å². The van der Waals surface area contributed by atoms with Gasteiger partial charge in [0.05, 0.1) is 16.7 Å². The molecule has 11 heteroatoms. The highest BCUT2D eigenvalue weighted by Crippen LogP contribution is 2.35. The predicted octanol–water partition coefficient (Wildman–Crippen LogP) is 1.80. The number of nitrogens with zero attached hydrogens (tertiary/aromatic N) is 1. The number of ether oxygens (including phenoxy) is 2. The molecule has 2 rings (SSSR count). The van der Waals surface area contributed by atoms with Gasteiger partial charge in [-0.1, -0.05) is 29.8 Å². The van der Waals surface area contributed by atoms with E-state index < -0.39 is 10.0 Å². The molecular formula is C17H22Cl2N2O6S. The van der Waals surface area contributed by atoms with E-state index in [9.17, 15) is 13.2 Å². The van der Waals surface area contributed by atoms with E-state index in [2.05, 4.69) is 11.3 Å². The van der Waals surface area contributed by atoms with Crippen LogP contribution in [0.2, 0.25) is 10.0 Å². The zero-order chi connectivity index (χ0) is 20.7. The lowest BCUT2D eigenvalue weighted by Crippen LogP contribution is -2.47. The number of carbonyl (C=O) groups excluding carboxylic acids is 1. The Hall–Kier alpha value is -1.52. The molecule has 28 heavy (non-hydrogen) atoms. The van der Waals surface area contributed by atoms with E-state index in [0.29, 0.717) is 25.9 Å². The number of amides is 1. The normalized spacial score (nSPS) is 15.3. The Morgan fingerprint density at radius 1 is 1.25 bits per heavy atom. The van der Waals surface area contributed by atoms with Crippen LogP contribution >= 0.6 is 23.2 Å². The predicted molar refractivity (Wildman–Crippen MR) is 106 cm³/mol. The third-order valence-electron chi connectivity index (χ3n) is 4.08. The molecule has 0 spiro atoms. The van der Waals surface area contributed by atoms with Crippen LogP contribution in [-0.2, 0) is 14.8 Å². The Kier molecular flexibility index (Phi) is 8.38. The van der Waals surface area contributed by atoms with Gasteiger partial charge in [0.1, 0.15) is 18.1 Å². The number of aliphatic hydroxyl groups excluding tert-OH is 1. The van der Waals surface area contributed by atoms with Gasteiger partial charge in [0, 0.05) is 30.6 Å². The Morgan fingerprint density at radius 2 is 1.86 bits per heavy atom. The van der Waals surface area contributed by atoms with Crippen LogP contribution < -0.4 is 14.2 Å². The number of halogens is 2. The third kappa shape index (κ3) is 6.52. The third-order valence-corrected chi connectivity index (χ3v) is 5.78. The van der Waals surface area contributed by atoms with Gasteiger partial charge >= 0.3 is 0 Å². The number of nitrogens with one attached hydrogen (secondary N) is 1. The van der Waals surface area contributed by atoms with E-state index in [1.165, 1.54) is 12.1 Å². The number of piperidine rings is 1. The second-order valence-corrected chi connectivity index (χ2v) is 8.53. The molecule has 0 aromatic heterocycles. The van der Waals surface area contributed by atoms with Crippen molar-refractivity contribution in [3.63, 3.8) is 0 Å². The van der Waals surface area contributed by atoms with Crippen molar-refractivity contribution in [1.29, 1.82) is 0 Å². The summed E-state index contributed by atoms with van der Waals surface area (Å²) >= 11 is 12.1. The average molecular weight is 453 g/mol. The molecule has 8 nitrogen and oxygen atoms in total. The molecule has 0 bridgehead atoms. The van der Waals surface area contributed by atoms with Gasteiger partial charge in [-0.15, -0.1) is 0 Å². The summed E-state index contributed by atoms with van der Waals surface area (Å²) < 4.78 is 36.3. The molecule has 0 atom stereocenters. The summed E-state index contributed by atoms with van der Waals surface area (Å²) in [7, 11) is -3.49. The summed E-state index contributed by atoms with van der Waals surface area (Å²) in [5.41, 5.74) is 0. The fourth-order valence-electron chi connectivity index (χ4n) is 2.65. The molecule has 1 heterocycles. The maximum absolute atomic E-state index is 12.4. The van der Waals surface area contributed by atoms with Crippen molar-refractivity contribution in [2.45, 2.75) is 18.9 Å². The van der Waals surface area contributed by atoms with E-state index in [1.807, 2.05) is 0 Å². The maximum atomic E-state index is 12.4. The molecule has 0 unspecified atom stereocenters. The first-order valence-corrected chi connectivity index (χ1v) is 10.8. The molecule has 1 aliphatic heterocycles. The first-order chi connectivity index (χ1) is 13.3. The van der Waals surface area contributed by atoms with Gasteiger partial charge in [0.25, 0.3) is 5.91 Å². The van der Waals surface area contributed by atoms with Crippen LogP contribution in [0.25, 0.3) is 0 Å². The summed E-state index contributed by atoms with van der Waals surface area (Å²) in [5.74, 6) is 0.285. The van der Waals surface area contributed by atoms with Gasteiger partial charge in [0.2, 0.25) is 10.0 Å². The number of likely N-dealkylation sites (tertiary alicyclic amines) is 1. The topological polar surface area (TPSA) is 105 Å². The fourth-order valence-corrected chi connectivity index (χ4v) is 3.93. The van der Waals surface area contributed by atoms with Gasteiger partial charge < -0.3 is 19.5 Å². The monoisotopic (exact) mass is 452 g/mol. The van der Waals surface area contributed by atoms with E-state index >= 15 is 0 Å². The summed E-state index contributed by atoms with van der Waals surface area (Å²) in [6, 6.07) is 2.67. The molecule has 1 aromatic carbocycles. The first kappa shape index (κ1) is 22.8. The van der Waals surface area contributed by atoms with Crippen LogP contribution in [0, 0.1) is 0 Å². The Labute approximate surface area is 174 Å². The molecule has 1 amide bonds. The van der Waals surface area contributed by atoms with Crippen LogP contribution in [-0.4, -0.2) is 63.3 Å². The smallest absolute Gasteiger partial charge is 0.260 e. The fraction of sp³-hybridized carbons (Fsp3) is 0.471. The minimum Gasteiger partial charge on any atom is -0.489 e. The molecule has 0 saturated carbocycles. The molecule has 2 N–H and O–H groups in total. The van der Waals surface area contributed by atoms with Crippen LogP contribution in [0.5, 0.6) is 11.5 Å². The highest BCUT2D eigenvalue weighted by atomic mass is 35.5. The zero-order valence-electron chi connectivity index (χ0n) is 15.1. The number of sulfonamides is 1. The standard InChI is InChI=1S/C17H22Cl2N2O6S/c1-2-28(24,25)20-12-3-5-21(6-4-12)17(23)11-27-16-10-15(26-8-7-22)13(18)9-14(16)19/h2,9-10,12,20,22H,1,3-8,11H2. The number of carbonyl (C=O) groups is 1. The van der Waals surface area contributed by atoms with Crippen LogP contribution in [0.1, 0.15) is 12.8 Å². The van der Waals surface area contributed by atoms with Gasteiger partial charge in [0.15, 0.2) is 6.61 Å². The van der Waals surface area contributed by atoms with Crippen LogP contribution in [0.4, 0.5) is 0 Å². The van der Waals surface area contributed by atoms with Gasteiger partial charge in [-0.25, -0.2) is 13.1 Å². The number of benzene rings is 1. The Bertz CT molecular complexity index is 810. The van der Waals surface area contributed by atoms with Crippen LogP contribution in [0.15, 0.2) is 24.1 Å². The molecule has 156 valence electrons. The van der Waals surface area contributed by atoms with Crippen molar-refractivity contribution in [3.05, 3.63) is 34.2 Å². The molecule has 1 aliphatic rings. The number of hydrogen-bond donors (Lipinski definition) is 2. The zero-order valence-corrected chi connectivity index (χ0v) is 17.4. The SMILES string of the molecule is C=CS(=O)(=O)NC1CCN(C(=O)COc2cc(OCCO)c(Cl)cc2Cl)CC1. The lowest BCUT2D eigenvalue weighted by atomic mass is 10.1. The van der Waals surface area contributed by atoms with Crippen molar-refractivity contribution in [3.8, 4) is 11.5 Å². The number of aliphatic hydroxyl groups is 1. The lowest BCUT2D eigenvalue weighted by Gasteiger charge is -2.32. The van der Waals surface area contributed by atoms with Gasteiger partial charge in [-0.05, 0) is 18.9 Å². The molecular weight excluding hydrogens is 431 g/mol. The molecule has 0 aliphatic carbocycles. The summed E-state index contributed by atoms with van der Waals surface area (Å²) in [6.07, 6.45) is 0.999. The first-order valence-electron chi connectivity index (χ1n) is 8.53. The summed E-state index contributed by atoms with van der Waals surface area (Å²) in [4.78, 5) is 14.0. The lowest BCUT2D eigenvalue weighted by molar-refractivity contribution is -0.134. The van der Waals surface area contributed by atoms with Crippen molar-refractivity contribution in [2.24, 2.45) is 0 Å². The second-order valence-electron chi connectivity index (χ2n) is 6.06. The van der Waals surface area contributed by atoms with Gasteiger partial charge in [-0.2, -0.15) is 0 Å². The van der Waals surface area contributed by atoms with E-state index in [1.54, 1.807) is 4.90 Å². The molecule has 1 saturated heterocycles.